The lowest BCUT2D eigenvalue weighted by atomic mass is 9.93. The number of amides is 2. The van der Waals surface area contributed by atoms with Gasteiger partial charge in [-0.3, -0.25) is 19.2 Å². The number of nitrogens with one attached hydrogen (secondary N) is 1. The number of carbonyl (C=O) groups excluding carboxylic acids is 2. The summed E-state index contributed by atoms with van der Waals surface area (Å²) in [5, 5.41) is 7.63. The second-order valence-corrected chi connectivity index (χ2v) is 9.46. The molecule has 0 radical (unpaired) electrons. The van der Waals surface area contributed by atoms with Crippen molar-refractivity contribution in [1.82, 2.24) is 15.1 Å². The molecule has 2 aromatic carbocycles. The molecule has 0 aliphatic carbocycles. The van der Waals surface area contributed by atoms with Crippen molar-refractivity contribution in [1.29, 1.82) is 0 Å². The Morgan fingerprint density at radius 1 is 1.05 bits per heavy atom. The second-order valence-electron chi connectivity index (χ2n) is 9.46. The van der Waals surface area contributed by atoms with E-state index < -0.39 is 5.54 Å². The molecule has 9 nitrogen and oxygen atoms in total. The van der Waals surface area contributed by atoms with E-state index in [2.05, 4.69) is 10.4 Å². The maximum absolute atomic E-state index is 14.0. The first-order chi connectivity index (χ1) is 17.9. The second kappa shape index (κ2) is 8.85. The zero-order valence-electron chi connectivity index (χ0n) is 20.6. The molecule has 37 heavy (non-hydrogen) atoms. The lowest BCUT2D eigenvalue weighted by Gasteiger charge is -2.43. The molecule has 0 bridgehead atoms. The van der Waals surface area contributed by atoms with E-state index in [0.717, 1.165) is 11.1 Å². The number of ether oxygens (including phenoxy) is 2. The summed E-state index contributed by atoms with van der Waals surface area (Å²) in [6, 6.07) is 18.5. The van der Waals surface area contributed by atoms with Gasteiger partial charge in [-0.15, -0.1) is 0 Å². The molecular formula is C28H26N4O5. The Balaban J connectivity index is 1.39. The number of aryl methyl sites for hydroxylation is 1. The van der Waals surface area contributed by atoms with Crippen molar-refractivity contribution in [3.8, 4) is 23.0 Å². The standard InChI is InChI=1S/C28H26N4O5/c1-18-5-7-19(8-6-18)16-29-27(34)28(2)17-31-22(15-21(30-31)23-4-3-11-35-23)26(33)32(28)20-9-10-24-25(14-20)37-13-12-36-24/h3-11,14-15H,12-13,16-17H2,1-2H3,(H,29,34). The van der Waals surface area contributed by atoms with Crippen molar-refractivity contribution in [2.45, 2.75) is 32.5 Å². The number of aromatic nitrogens is 2. The van der Waals surface area contributed by atoms with Crippen LogP contribution in [-0.2, 0) is 17.9 Å². The van der Waals surface area contributed by atoms with Gasteiger partial charge in [-0.05, 0) is 43.7 Å². The summed E-state index contributed by atoms with van der Waals surface area (Å²) in [6.45, 7) is 5.13. The summed E-state index contributed by atoms with van der Waals surface area (Å²) < 4.78 is 18.5. The summed E-state index contributed by atoms with van der Waals surface area (Å²) in [6.07, 6.45) is 1.56. The molecule has 0 fully saturated rings. The number of anilines is 1. The van der Waals surface area contributed by atoms with Gasteiger partial charge in [0.05, 0.1) is 12.8 Å². The average Bonchev–Trinajstić information content (AvgIpc) is 3.58. The highest BCUT2D eigenvalue weighted by molar-refractivity contribution is 6.12. The van der Waals surface area contributed by atoms with E-state index >= 15 is 0 Å². The minimum atomic E-state index is -1.27. The fourth-order valence-corrected chi connectivity index (χ4v) is 4.78. The number of fused-ring (bicyclic) bond motifs is 2. The lowest BCUT2D eigenvalue weighted by molar-refractivity contribution is -0.126. The van der Waals surface area contributed by atoms with E-state index in [0.29, 0.717) is 54.1 Å². The Hall–Kier alpha value is -4.53. The quantitative estimate of drug-likeness (QED) is 0.447. The highest BCUT2D eigenvalue weighted by atomic mass is 16.6. The van der Waals surface area contributed by atoms with Crippen molar-refractivity contribution in [3.05, 3.63) is 83.7 Å². The summed E-state index contributed by atoms with van der Waals surface area (Å²) in [7, 11) is 0. The van der Waals surface area contributed by atoms with Gasteiger partial charge in [0.1, 0.15) is 30.1 Å². The minimum absolute atomic E-state index is 0.156. The molecule has 4 heterocycles. The predicted octanol–water partition coefficient (Wildman–Crippen LogP) is 3.96. The molecular weight excluding hydrogens is 472 g/mol. The molecule has 2 aliphatic heterocycles. The molecule has 4 aromatic rings. The van der Waals surface area contributed by atoms with Crippen molar-refractivity contribution in [2.75, 3.05) is 18.1 Å². The van der Waals surface area contributed by atoms with Gasteiger partial charge >= 0.3 is 0 Å². The maximum Gasteiger partial charge on any atom is 0.277 e. The largest absolute Gasteiger partial charge is 0.486 e. The highest BCUT2D eigenvalue weighted by Crippen LogP contribution is 2.39. The van der Waals surface area contributed by atoms with Gasteiger partial charge in [-0.2, -0.15) is 5.10 Å². The minimum Gasteiger partial charge on any atom is -0.486 e. The highest BCUT2D eigenvalue weighted by Gasteiger charge is 2.49. The zero-order valence-corrected chi connectivity index (χ0v) is 20.6. The van der Waals surface area contributed by atoms with Crippen LogP contribution in [-0.4, -0.2) is 40.3 Å². The molecule has 1 unspecified atom stereocenters. The topological polar surface area (TPSA) is 98.8 Å². The first kappa shape index (κ1) is 22.9. The summed E-state index contributed by atoms with van der Waals surface area (Å²) in [4.78, 5) is 29.3. The molecule has 0 saturated carbocycles. The van der Waals surface area contributed by atoms with Crippen LogP contribution in [0.3, 0.4) is 0 Å². The Labute approximate surface area is 213 Å². The molecule has 1 N–H and O–H groups in total. The van der Waals surface area contributed by atoms with Crippen LogP contribution in [0.5, 0.6) is 11.5 Å². The third kappa shape index (κ3) is 4.02. The molecule has 0 spiro atoms. The van der Waals surface area contributed by atoms with Gasteiger partial charge in [0, 0.05) is 24.4 Å². The van der Waals surface area contributed by atoms with Crippen LogP contribution < -0.4 is 19.7 Å². The van der Waals surface area contributed by atoms with Crippen LogP contribution >= 0.6 is 0 Å². The SMILES string of the molecule is Cc1ccc(CNC(=O)C2(C)Cn3nc(-c4ccco4)cc3C(=O)N2c2ccc3c(c2)OCCO3)cc1. The Kier molecular flexibility index (Phi) is 5.48. The Morgan fingerprint density at radius 2 is 1.84 bits per heavy atom. The molecule has 1 atom stereocenters. The lowest BCUT2D eigenvalue weighted by Crippen LogP contribution is -2.64. The number of carbonyl (C=O) groups is 2. The fourth-order valence-electron chi connectivity index (χ4n) is 4.78. The molecule has 188 valence electrons. The van der Waals surface area contributed by atoms with Crippen LogP contribution in [0.2, 0.25) is 0 Å². The monoisotopic (exact) mass is 498 g/mol. The maximum atomic E-state index is 14.0. The third-order valence-electron chi connectivity index (χ3n) is 6.77. The molecule has 9 heteroatoms. The Morgan fingerprint density at radius 3 is 2.59 bits per heavy atom. The Bertz CT molecular complexity index is 1470. The van der Waals surface area contributed by atoms with E-state index in [-0.39, 0.29) is 18.4 Å². The predicted molar refractivity (Wildman–Crippen MR) is 136 cm³/mol. The number of furan rings is 1. The molecule has 6 rings (SSSR count). The van der Waals surface area contributed by atoms with Crippen LogP contribution in [0.1, 0.15) is 28.5 Å². The average molecular weight is 499 g/mol. The first-order valence-electron chi connectivity index (χ1n) is 12.1. The van der Waals surface area contributed by atoms with Crippen LogP contribution in [0.25, 0.3) is 11.5 Å². The molecule has 0 saturated heterocycles. The molecule has 2 amide bonds. The van der Waals surface area contributed by atoms with E-state index in [4.69, 9.17) is 13.9 Å². The number of hydrogen-bond donors (Lipinski definition) is 1. The normalized spacial score (nSPS) is 18.4. The van der Waals surface area contributed by atoms with E-state index in [1.807, 2.05) is 31.2 Å². The summed E-state index contributed by atoms with van der Waals surface area (Å²) >= 11 is 0. The van der Waals surface area contributed by atoms with Crippen LogP contribution in [0.15, 0.2) is 71.3 Å². The summed E-state index contributed by atoms with van der Waals surface area (Å²) in [5.74, 6) is 1.05. The van der Waals surface area contributed by atoms with Crippen LogP contribution in [0, 0.1) is 6.92 Å². The van der Waals surface area contributed by atoms with Gasteiger partial charge in [-0.25, -0.2) is 0 Å². The van der Waals surface area contributed by atoms with E-state index in [1.165, 1.54) is 4.90 Å². The molecule has 2 aromatic heterocycles. The number of hydrogen-bond acceptors (Lipinski definition) is 6. The van der Waals surface area contributed by atoms with Crippen molar-refractivity contribution in [2.24, 2.45) is 0 Å². The van der Waals surface area contributed by atoms with Gasteiger partial charge in [0.25, 0.3) is 5.91 Å². The number of rotatable bonds is 5. The summed E-state index contributed by atoms with van der Waals surface area (Å²) in [5.41, 5.74) is 2.27. The van der Waals surface area contributed by atoms with E-state index in [9.17, 15) is 9.59 Å². The van der Waals surface area contributed by atoms with Gasteiger partial charge in [0.2, 0.25) is 5.91 Å². The van der Waals surface area contributed by atoms with Gasteiger partial charge in [0.15, 0.2) is 17.3 Å². The van der Waals surface area contributed by atoms with Crippen molar-refractivity contribution < 1.29 is 23.5 Å². The van der Waals surface area contributed by atoms with Gasteiger partial charge < -0.3 is 19.2 Å². The smallest absolute Gasteiger partial charge is 0.277 e. The third-order valence-corrected chi connectivity index (χ3v) is 6.77. The van der Waals surface area contributed by atoms with Crippen molar-refractivity contribution >= 4 is 17.5 Å². The first-order valence-corrected chi connectivity index (χ1v) is 12.1. The molecule has 2 aliphatic rings. The van der Waals surface area contributed by atoms with E-state index in [1.54, 1.807) is 54.3 Å². The number of nitrogens with zero attached hydrogens (tertiary/aromatic N) is 3. The van der Waals surface area contributed by atoms with Crippen molar-refractivity contribution in [3.63, 3.8) is 0 Å². The number of benzene rings is 2. The fraction of sp³-hybridized carbons (Fsp3) is 0.250. The van der Waals surface area contributed by atoms with Gasteiger partial charge in [-0.1, -0.05) is 29.8 Å². The zero-order chi connectivity index (χ0) is 25.6. The van der Waals surface area contributed by atoms with Crippen LogP contribution in [0.4, 0.5) is 5.69 Å².